The summed E-state index contributed by atoms with van der Waals surface area (Å²) in [6.07, 6.45) is 3.90. The highest BCUT2D eigenvalue weighted by Crippen LogP contribution is 2.22. The second-order valence-corrected chi connectivity index (χ2v) is 7.53. The van der Waals surface area contributed by atoms with Crippen molar-refractivity contribution in [2.24, 2.45) is 0 Å². The summed E-state index contributed by atoms with van der Waals surface area (Å²) >= 11 is 0. The van der Waals surface area contributed by atoms with Crippen molar-refractivity contribution >= 4 is 21.8 Å². The van der Waals surface area contributed by atoms with Gasteiger partial charge in [0, 0.05) is 27.2 Å². The van der Waals surface area contributed by atoms with Crippen LogP contribution in [-0.2, 0) is 10.0 Å². The van der Waals surface area contributed by atoms with Crippen LogP contribution in [0.25, 0.3) is 0 Å². The number of nitrogens with zero attached hydrogens (tertiary/aromatic N) is 4. The molecule has 0 bridgehead atoms. The maximum Gasteiger partial charge on any atom is 0.356 e. The summed E-state index contributed by atoms with van der Waals surface area (Å²) in [5.74, 6) is -0.639. The van der Waals surface area contributed by atoms with Crippen LogP contribution in [0.3, 0.4) is 0 Å². The lowest BCUT2D eigenvalue weighted by atomic mass is 10.1. The Labute approximate surface area is 123 Å². The predicted octanol–water partition coefficient (Wildman–Crippen LogP) is 0.0350. The fourth-order valence-electron chi connectivity index (χ4n) is 2.28. The van der Waals surface area contributed by atoms with Gasteiger partial charge in [-0.05, 0) is 12.8 Å². The number of rotatable bonds is 4. The largest absolute Gasteiger partial charge is 0.476 e. The van der Waals surface area contributed by atoms with E-state index in [0.717, 1.165) is 6.42 Å². The number of carboxylic acids is 1. The molecule has 2 rings (SSSR count). The molecule has 1 unspecified atom stereocenters. The fourth-order valence-corrected chi connectivity index (χ4v) is 3.71. The molecule has 116 valence electrons. The smallest absolute Gasteiger partial charge is 0.356 e. The summed E-state index contributed by atoms with van der Waals surface area (Å²) in [7, 11) is -0.266. The molecular weight excluding hydrogens is 296 g/mol. The van der Waals surface area contributed by atoms with E-state index in [1.54, 1.807) is 0 Å². The Morgan fingerprint density at radius 1 is 1.38 bits per heavy atom. The third-order valence-electron chi connectivity index (χ3n) is 3.49. The van der Waals surface area contributed by atoms with Crippen molar-refractivity contribution in [1.82, 2.24) is 14.3 Å². The number of aromatic carboxylic acids is 1. The van der Waals surface area contributed by atoms with Gasteiger partial charge in [-0.15, -0.1) is 0 Å². The average molecular weight is 314 g/mol. The number of sulfonamides is 1. The van der Waals surface area contributed by atoms with Crippen LogP contribution < -0.4 is 4.90 Å². The van der Waals surface area contributed by atoms with E-state index in [1.807, 2.05) is 4.90 Å². The molecule has 1 aromatic heterocycles. The van der Waals surface area contributed by atoms with Gasteiger partial charge in [0.2, 0.25) is 10.0 Å². The van der Waals surface area contributed by atoms with E-state index in [4.69, 9.17) is 5.11 Å². The van der Waals surface area contributed by atoms with E-state index >= 15 is 0 Å². The highest BCUT2D eigenvalue weighted by molar-refractivity contribution is 7.89. The van der Waals surface area contributed by atoms with Crippen LogP contribution in [0.15, 0.2) is 12.4 Å². The minimum atomic E-state index is -3.31. The SMILES string of the molecule is CN(C)S(=O)(=O)C1CCCN(c2cnc(C(=O)O)cn2)C1. The molecule has 1 aliphatic rings. The molecule has 9 heteroatoms. The van der Waals surface area contributed by atoms with Crippen LogP contribution in [0.5, 0.6) is 0 Å². The number of aromatic nitrogens is 2. The van der Waals surface area contributed by atoms with Gasteiger partial charge in [0.1, 0.15) is 5.82 Å². The molecule has 1 atom stereocenters. The van der Waals surface area contributed by atoms with Gasteiger partial charge in [0.25, 0.3) is 0 Å². The van der Waals surface area contributed by atoms with Gasteiger partial charge in [-0.2, -0.15) is 0 Å². The zero-order valence-corrected chi connectivity index (χ0v) is 12.7. The van der Waals surface area contributed by atoms with Gasteiger partial charge in [0.05, 0.1) is 17.6 Å². The van der Waals surface area contributed by atoms with Gasteiger partial charge >= 0.3 is 5.97 Å². The Hall–Kier alpha value is -1.74. The number of anilines is 1. The van der Waals surface area contributed by atoms with Gasteiger partial charge in [0.15, 0.2) is 5.69 Å². The van der Waals surface area contributed by atoms with Gasteiger partial charge in [-0.3, -0.25) is 0 Å². The van der Waals surface area contributed by atoms with E-state index in [9.17, 15) is 13.2 Å². The lowest BCUT2D eigenvalue weighted by Crippen LogP contribution is -2.46. The molecule has 0 saturated carbocycles. The number of piperidine rings is 1. The van der Waals surface area contributed by atoms with Crippen LogP contribution >= 0.6 is 0 Å². The second kappa shape index (κ2) is 5.94. The molecule has 1 saturated heterocycles. The summed E-state index contributed by atoms with van der Waals surface area (Å²) in [6, 6.07) is 0. The maximum absolute atomic E-state index is 12.2. The van der Waals surface area contributed by atoms with Crippen LogP contribution in [0, 0.1) is 0 Å². The Bertz CT molecular complexity index is 615. The molecule has 0 spiro atoms. The zero-order chi connectivity index (χ0) is 15.6. The molecule has 21 heavy (non-hydrogen) atoms. The van der Waals surface area contributed by atoms with Crippen molar-refractivity contribution in [3.8, 4) is 0 Å². The zero-order valence-electron chi connectivity index (χ0n) is 11.9. The van der Waals surface area contributed by atoms with E-state index in [-0.39, 0.29) is 5.69 Å². The standard InChI is InChI=1S/C12H18N4O4S/c1-15(2)21(19,20)9-4-3-5-16(8-9)11-7-13-10(6-14-11)12(17)18/h6-7,9H,3-5,8H2,1-2H3,(H,17,18). The van der Waals surface area contributed by atoms with Gasteiger partial charge in [-0.25, -0.2) is 27.5 Å². The third-order valence-corrected chi connectivity index (χ3v) is 5.73. The first-order chi connectivity index (χ1) is 9.82. The first-order valence-corrected chi connectivity index (χ1v) is 8.04. The van der Waals surface area contributed by atoms with Crippen molar-refractivity contribution in [3.05, 3.63) is 18.1 Å². The fraction of sp³-hybridized carbons (Fsp3) is 0.583. The van der Waals surface area contributed by atoms with Crippen molar-refractivity contribution in [2.75, 3.05) is 32.1 Å². The summed E-state index contributed by atoms with van der Waals surface area (Å²) in [5.41, 5.74) is -0.131. The third kappa shape index (κ3) is 3.30. The average Bonchev–Trinajstić information content (AvgIpc) is 2.47. The molecule has 2 heterocycles. The van der Waals surface area contributed by atoms with E-state index in [2.05, 4.69) is 9.97 Å². The monoisotopic (exact) mass is 314 g/mol. The molecule has 8 nitrogen and oxygen atoms in total. The number of hydrogen-bond donors (Lipinski definition) is 1. The number of carbonyl (C=O) groups is 1. The first kappa shape index (κ1) is 15.6. The first-order valence-electron chi connectivity index (χ1n) is 6.54. The van der Waals surface area contributed by atoms with Crippen LogP contribution in [-0.4, -0.2) is 66.2 Å². The lowest BCUT2D eigenvalue weighted by Gasteiger charge is -2.34. The summed E-state index contributed by atoms with van der Waals surface area (Å²) in [4.78, 5) is 20.4. The van der Waals surface area contributed by atoms with Crippen molar-refractivity contribution in [1.29, 1.82) is 0 Å². The van der Waals surface area contributed by atoms with Crippen molar-refractivity contribution < 1.29 is 18.3 Å². The van der Waals surface area contributed by atoms with Crippen LogP contribution in [0.2, 0.25) is 0 Å². The van der Waals surface area contributed by atoms with E-state index in [0.29, 0.717) is 25.3 Å². The molecule has 0 amide bonds. The molecule has 0 aromatic carbocycles. The van der Waals surface area contributed by atoms with Crippen molar-refractivity contribution in [3.63, 3.8) is 0 Å². The highest BCUT2D eigenvalue weighted by atomic mass is 32.2. The Balaban J connectivity index is 2.16. The Morgan fingerprint density at radius 2 is 2.10 bits per heavy atom. The molecule has 0 radical (unpaired) electrons. The normalized spacial score (nSPS) is 19.8. The molecule has 1 N–H and O–H groups in total. The minimum Gasteiger partial charge on any atom is -0.476 e. The quantitative estimate of drug-likeness (QED) is 0.836. The van der Waals surface area contributed by atoms with Gasteiger partial charge < -0.3 is 10.0 Å². The maximum atomic E-state index is 12.2. The summed E-state index contributed by atoms with van der Waals surface area (Å²) in [5, 5.41) is 8.31. The lowest BCUT2D eigenvalue weighted by molar-refractivity contribution is 0.0690. The Morgan fingerprint density at radius 3 is 2.62 bits per heavy atom. The Kier molecular flexibility index (Phi) is 4.43. The topological polar surface area (TPSA) is 104 Å². The summed E-state index contributed by atoms with van der Waals surface area (Å²) < 4.78 is 25.6. The second-order valence-electron chi connectivity index (χ2n) is 5.10. The molecule has 1 aliphatic heterocycles. The molecule has 0 aliphatic carbocycles. The summed E-state index contributed by atoms with van der Waals surface area (Å²) in [6.45, 7) is 1.02. The van der Waals surface area contributed by atoms with E-state index in [1.165, 1.54) is 30.8 Å². The van der Waals surface area contributed by atoms with Crippen molar-refractivity contribution in [2.45, 2.75) is 18.1 Å². The molecular formula is C12H18N4O4S. The van der Waals surface area contributed by atoms with E-state index < -0.39 is 21.2 Å². The number of carboxylic acid groups (broad SMARTS) is 1. The van der Waals surface area contributed by atoms with Gasteiger partial charge in [-0.1, -0.05) is 0 Å². The van der Waals surface area contributed by atoms with Crippen LogP contribution in [0.4, 0.5) is 5.82 Å². The number of hydrogen-bond acceptors (Lipinski definition) is 6. The minimum absolute atomic E-state index is 0.131. The molecule has 1 aromatic rings. The molecule has 1 fully saturated rings. The van der Waals surface area contributed by atoms with Crippen LogP contribution in [0.1, 0.15) is 23.3 Å². The predicted molar refractivity (Wildman–Crippen MR) is 76.8 cm³/mol. The highest BCUT2D eigenvalue weighted by Gasteiger charge is 2.32.